The molecule has 0 aliphatic carbocycles. The van der Waals surface area contributed by atoms with E-state index in [-0.39, 0.29) is 19.4 Å². The van der Waals surface area contributed by atoms with Crippen molar-refractivity contribution in [1.82, 2.24) is 16.0 Å². The predicted octanol–water partition coefficient (Wildman–Crippen LogP) is 3.54. The van der Waals surface area contributed by atoms with Crippen LogP contribution in [0.15, 0.2) is 60.7 Å². The van der Waals surface area contributed by atoms with Crippen LogP contribution in [0.1, 0.15) is 39.7 Å². The zero-order valence-electron chi connectivity index (χ0n) is 21.5. The van der Waals surface area contributed by atoms with E-state index >= 15 is 0 Å². The van der Waals surface area contributed by atoms with Crippen LogP contribution in [0.25, 0.3) is 0 Å². The highest BCUT2D eigenvalue weighted by molar-refractivity contribution is 7.18. The van der Waals surface area contributed by atoms with Gasteiger partial charge >= 0.3 is 12.0 Å². The molecule has 3 rings (SSSR count). The molecular weight excluding hydrogens is 524 g/mol. The molecule has 0 radical (unpaired) electrons. The molecule has 3 aromatic rings. The molecular formula is C27H30N4O7S. The number of amides is 4. The van der Waals surface area contributed by atoms with E-state index < -0.39 is 29.9 Å². The van der Waals surface area contributed by atoms with Crippen LogP contribution >= 0.6 is 11.3 Å². The maximum absolute atomic E-state index is 12.6. The van der Waals surface area contributed by atoms with E-state index in [1.807, 2.05) is 30.3 Å². The number of thiophene rings is 1. The van der Waals surface area contributed by atoms with Crippen molar-refractivity contribution in [2.45, 2.75) is 25.4 Å². The Morgan fingerprint density at radius 2 is 1.72 bits per heavy atom. The fourth-order valence-corrected chi connectivity index (χ4v) is 4.45. The number of carbonyl (C=O) groups is 4. The molecule has 1 unspecified atom stereocenters. The molecule has 0 fully saturated rings. The van der Waals surface area contributed by atoms with Gasteiger partial charge in [-0.15, -0.1) is 11.3 Å². The van der Waals surface area contributed by atoms with Crippen molar-refractivity contribution in [3.8, 4) is 11.5 Å². The number of ether oxygens (including phenoxy) is 2. The lowest BCUT2D eigenvalue weighted by atomic mass is 10.0. The third-order valence-corrected chi connectivity index (χ3v) is 6.53. The van der Waals surface area contributed by atoms with Crippen LogP contribution in [0.5, 0.6) is 11.5 Å². The molecule has 0 saturated carbocycles. The Hall–Kier alpha value is -4.58. The van der Waals surface area contributed by atoms with Gasteiger partial charge in [-0.2, -0.15) is 0 Å². The van der Waals surface area contributed by atoms with Gasteiger partial charge in [0.05, 0.1) is 36.6 Å². The summed E-state index contributed by atoms with van der Waals surface area (Å²) in [6.45, 7) is 0.392. The minimum absolute atomic E-state index is 0.0257. The van der Waals surface area contributed by atoms with Gasteiger partial charge in [0.25, 0.3) is 5.91 Å². The van der Waals surface area contributed by atoms with Crippen molar-refractivity contribution in [1.29, 1.82) is 0 Å². The summed E-state index contributed by atoms with van der Waals surface area (Å²) in [5.41, 5.74) is 1.42. The highest BCUT2D eigenvalue weighted by atomic mass is 32.1. The zero-order chi connectivity index (χ0) is 28.2. The second kappa shape index (κ2) is 14.4. The van der Waals surface area contributed by atoms with Crippen molar-refractivity contribution in [3.05, 3.63) is 76.7 Å². The third-order valence-electron chi connectivity index (χ3n) is 5.53. The quantitative estimate of drug-likeness (QED) is 0.216. The number of urea groups is 1. The first-order valence-corrected chi connectivity index (χ1v) is 12.8. The average molecular weight is 555 g/mol. The van der Waals surface area contributed by atoms with Crippen LogP contribution in [0.4, 0.5) is 9.80 Å². The molecule has 0 aliphatic heterocycles. The summed E-state index contributed by atoms with van der Waals surface area (Å²) in [5.74, 6) is -1.06. The van der Waals surface area contributed by atoms with Crippen molar-refractivity contribution in [2.24, 2.45) is 0 Å². The first-order valence-electron chi connectivity index (χ1n) is 12.0. The molecule has 0 spiro atoms. The molecule has 12 heteroatoms. The van der Waals surface area contributed by atoms with E-state index in [9.17, 15) is 24.3 Å². The van der Waals surface area contributed by atoms with E-state index in [4.69, 9.17) is 9.47 Å². The topological polar surface area (TPSA) is 155 Å². The van der Waals surface area contributed by atoms with Crippen LogP contribution in [0.2, 0.25) is 0 Å². The number of aliphatic carboxylic acids is 1. The van der Waals surface area contributed by atoms with Gasteiger partial charge in [0, 0.05) is 25.1 Å². The molecule has 4 amide bonds. The Bertz CT molecular complexity index is 1300. The van der Waals surface area contributed by atoms with Crippen LogP contribution < -0.4 is 30.7 Å². The largest absolute Gasteiger partial charge is 0.497 e. The van der Waals surface area contributed by atoms with Crippen molar-refractivity contribution >= 4 is 40.2 Å². The van der Waals surface area contributed by atoms with Crippen molar-refractivity contribution < 1.29 is 33.8 Å². The minimum atomic E-state index is -1.10. The molecule has 0 aliphatic rings. The Balaban J connectivity index is 1.49. The normalized spacial score (nSPS) is 11.1. The minimum Gasteiger partial charge on any atom is -0.497 e. The van der Waals surface area contributed by atoms with E-state index in [1.54, 1.807) is 30.3 Å². The van der Waals surface area contributed by atoms with Gasteiger partial charge in [-0.05, 0) is 35.9 Å². The number of anilines is 1. The Morgan fingerprint density at radius 3 is 2.41 bits per heavy atom. The highest BCUT2D eigenvalue weighted by Gasteiger charge is 2.22. The number of carboxylic acids is 1. The second-order valence-electron chi connectivity index (χ2n) is 8.29. The van der Waals surface area contributed by atoms with Gasteiger partial charge in [-0.25, -0.2) is 4.79 Å². The monoisotopic (exact) mass is 554 g/mol. The van der Waals surface area contributed by atoms with Gasteiger partial charge in [0.1, 0.15) is 11.5 Å². The lowest BCUT2D eigenvalue weighted by molar-refractivity contribution is -0.137. The van der Waals surface area contributed by atoms with E-state index in [1.165, 1.54) is 14.2 Å². The first kappa shape index (κ1) is 29.0. The molecule has 1 atom stereocenters. The number of nitrogens with one attached hydrogen (secondary N) is 4. The first-order chi connectivity index (χ1) is 18.8. The fourth-order valence-electron chi connectivity index (χ4n) is 3.63. The van der Waals surface area contributed by atoms with E-state index in [0.29, 0.717) is 33.5 Å². The summed E-state index contributed by atoms with van der Waals surface area (Å²) in [4.78, 5) is 49.0. The van der Waals surface area contributed by atoms with Gasteiger partial charge in [-0.1, -0.05) is 30.3 Å². The summed E-state index contributed by atoms with van der Waals surface area (Å²) < 4.78 is 10.5. The SMILES string of the molecule is COc1ccc(OC)c(C(CC(=O)O)NC(=O)CCNC(=O)c2ccc(NC(=O)NCc3ccccc3)s2)c1. The standard InChI is InChI=1S/C27H30N4O7S/c1-37-18-8-9-21(38-2)19(14-18)20(15-25(33)34)30-23(32)12-13-28-26(35)22-10-11-24(39-22)31-27(36)29-16-17-6-4-3-5-7-17/h3-11,14,20H,12-13,15-16H2,1-2H3,(H,28,35)(H,30,32)(H,33,34)(H2,29,31,36). The number of carboxylic acid groups (broad SMARTS) is 1. The van der Waals surface area contributed by atoms with Gasteiger partial charge < -0.3 is 30.5 Å². The Kier molecular flexibility index (Phi) is 10.7. The second-order valence-corrected chi connectivity index (χ2v) is 9.37. The summed E-state index contributed by atoms with van der Waals surface area (Å²) in [6, 6.07) is 16.3. The van der Waals surface area contributed by atoms with Gasteiger partial charge in [0.15, 0.2) is 0 Å². The van der Waals surface area contributed by atoms with E-state index in [0.717, 1.165) is 16.9 Å². The smallest absolute Gasteiger partial charge is 0.320 e. The maximum Gasteiger partial charge on any atom is 0.320 e. The lowest BCUT2D eigenvalue weighted by Gasteiger charge is -2.20. The Morgan fingerprint density at radius 1 is 0.949 bits per heavy atom. The van der Waals surface area contributed by atoms with Crippen LogP contribution in [-0.2, 0) is 16.1 Å². The van der Waals surface area contributed by atoms with Gasteiger partial charge in [-0.3, -0.25) is 19.7 Å². The summed E-state index contributed by atoms with van der Waals surface area (Å²) in [5, 5.41) is 20.6. The van der Waals surface area contributed by atoms with Crippen molar-refractivity contribution in [3.63, 3.8) is 0 Å². The molecule has 39 heavy (non-hydrogen) atoms. The summed E-state index contributed by atoms with van der Waals surface area (Å²) in [7, 11) is 2.93. The van der Waals surface area contributed by atoms with Crippen LogP contribution in [-0.4, -0.2) is 49.7 Å². The fraction of sp³-hybridized carbons (Fsp3) is 0.259. The molecule has 206 valence electrons. The van der Waals surface area contributed by atoms with Crippen LogP contribution in [0.3, 0.4) is 0 Å². The van der Waals surface area contributed by atoms with Crippen LogP contribution in [0, 0.1) is 0 Å². The number of benzene rings is 2. The molecule has 0 saturated heterocycles. The zero-order valence-corrected chi connectivity index (χ0v) is 22.3. The molecule has 1 aromatic heterocycles. The number of carbonyl (C=O) groups excluding carboxylic acids is 3. The lowest BCUT2D eigenvalue weighted by Crippen LogP contribution is -2.33. The predicted molar refractivity (Wildman–Crippen MR) is 146 cm³/mol. The third kappa shape index (κ3) is 9.04. The molecule has 1 heterocycles. The molecule has 11 nitrogen and oxygen atoms in total. The summed E-state index contributed by atoms with van der Waals surface area (Å²) in [6.07, 6.45) is -0.446. The number of hydrogen-bond acceptors (Lipinski definition) is 7. The molecule has 0 bridgehead atoms. The average Bonchev–Trinajstić information content (AvgIpc) is 3.40. The number of hydrogen-bond donors (Lipinski definition) is 5. The number of methoxy groups -OCH3 is 2. The highest BCUT2D eigenvalue weighted by Crippen LogP contribution is 2.31. The van der Waals surface area contributed by atoms with Gasteiger partial charge in [0.2, 0.25) is 5.91 Å². The molecule has 2 aromatic carbocycles. The molecule has 5 N–H and O–H groups in total. The summed E-state index contributed by atoms with van der Waals surface area (Å²) >= 11 is 1.10. The van der Waals surface area contributed by atoms with Crippen molar-refractivity contribution in [2.75, 3.05) is 26.1 Å². The Labute approximate surface area is 229 Å². The number of rotatable bonds is 13. The van der Waals surface area contributed by atoms with E-state index in [2.05, 4.69) is 21.3 Å². The maximum atomic E-state index is 12.6.